The van der Waals surface area contributed by atoms with Crippen molar-refractivity contribution in [1.29, 1.82) is 0 Å². The van der Waals surface area contributed by atoms with Gasteiger partial charge in [-0.1, -0.05) is 55.3 Å². The molecule has 2 aromatic heterocycles. The molecule has 0 radical (unpaired) electrons. The summed E-state index contributed by atoms with van der Waals surface area (Å²) >= 11 is 0. The Labute approximate surface area is 223 Å². The van der Waals surface area contributed by atoms with Crippen molar-refractivity contribution in [3.05, 3.63) is 84.2 Å². The number of nitrogens with zero attached hydrogens (tertiary/aromatic N) is 4. The normalized spacial score (nSPS) is 31.5. The fraction of sp³-hybridized carbons (Fsp3) is 0.438. The summed E-state index contributed by atoms with van der Waals surface area (Å²) in [6.45, 7) is 0. The van der Waals surface area contributed by atoms with Crippen molar-refractivity contribution in [3.8, 4) is 22.5 Å². The van der Waals surface area contributed by atoms with Gasteiger partial charge in [0, 0.05) is 23.0 Å². The predicted molar refractivity (Wildman–Crippen MR) is 146 cm³/mol. The Hall–Kier alpha value is -3.22. The summed E-state index contributed by atoms with van der Waals surface area (Å²) in [4.78, 5) is 8.98. The van der Waals surface area contributed by atoms with Crippen LogP contribution in [0.25, 0.3) is 22.5 Å². The molecule has 6 nitrogen and oxygen atoms in total. The first-order valence-corrected chi connectivity index (χ1v) is 14.3. The van der Waals surface area contributed by atoms with Gasteiger partial charge in [-0.2, -0.15) is 0 Å². The summed E-state index contributed by atoms with van der Waals surface area (Å²) < 4.78 is 4.59. The molecule has 2 N–H and O–H groups in total. The van der Waals surface area contributed by atoms with Gasteiger partial charge in [-0.3, -0.25) is 0 Å². The molecule has 2 aromatic carbocycles. The molecule has 4 aliphatic rings. The van der Waals surface area contributed by atoms with E-state index in [2.05, 4.69) is 61.6 Å². The lowest BCUT2D eigenvalue weighted by atomic mass is 9.71. The quantitative estimate of drug-likeness (QED) is 0.373. The van der Waals surface area contributed by atoms with E-state index in [0.717, 1.165) is 44.2 Å². The maximum atomic E-state index is 11.7. The highest BCUT2D eigenvalue weighted by molar-refractivity contribution is 5.74. The summed E-state index contributed by atoms with van der Waals surface area (Å²) in [7, 11) is 0. The molecule has 2 fully saturated rings. The first-order chi connectivity index (χ1) is 18.7. The number of aliphatic hydroxyl groups is 2. The third-order valence-corrected chi connectivity index (χ3v) is 10.1. The average molecular weight is 507 g/mol. The van der Waals surface area contributed by atoms with Gasteiger partial charge >= 0.3 is 0 Å². The van der Waals surface area contributed by atoms with Gasteiger partial charge in [0.15, 0.2) is 0 Å². The summed E-state index contributed by atoms with van der Waals surface area (Å²) in [6, 6.07) is 15.6. The van der Waals surface area contributed by atoms with Crippen LogP contribution in [0.4, 0.5) is 0 Å². The van der Waals surface area contributed by atoms with Crippen LogP contribution in [0.2, 0.25) is 0 Å². The van der Waals surface area contributed by atoms with Crippen molar-refractivity contribution in [2.45, 2.75) is 75.2 Å². The Kier molecular flexibility index (Phi) is 5.18. The number of imidazole rings is 2. The molecule has 4 heterocycles. The highest BCUT2D eigenvalue weighted by Crippen LogP contribution is 2.53. The predicted octanol–water partition coefficient (Wildman–Crippen LogP) is 5.72. The van der Waals surface area contributed by atoms with Crippen LogP contribution in [0.5, 0.6) is 0 Å². The molecule has 2 aliphatic heterocycles. The molecule has 0 spiro atoms. The lowest BCUT2D eigenvalue weighted by Crippen LogP contribution is -2.34. The largest absolute Gasteiger partial charge is 0.393 e. The van der Waals surface area contributed by atoms with Gasteiger partial charge in [-0.05, 0) is 54.7 Å². The van der Waals surface area contributed by atoms with E-state index >= 15 is 0 Å². The Morgan fingerprint density at radius 3 is 2.18 bits per heavy atom. The van der Waals surface area contributed by atoms with E-state index in [1.54, 1.807) is 0 Å². The second-order valence-corrected chi connectivity index (χ2v) is 11.9. The van der Waals surface area contributed by atoms with Crippen molar-refractivity contribution in [3.63, 3.8) is 0 Å². The average Bonchev–Trinajstić information content (AvgIpc) is 3.71. The zero-order chi connectivity index (χ0) is 25.4. The molecule has 38 heavy (non-hydrogen) atoms. The number of fused-ring (bicyclic) bond motifs is 6. The highest BCUT2D eigenvalue weighted by Gasteiger charge is 2.44. The molecule has 0 amide bonds. The Morgan fingerprint density at radius 2 is 1.34 bits per heavy atom. The summed E-state index contributed by atoms with van der Waals surface area (Å²) in [5.41, 5.74) is 8.85. The number of hydrogen-bond acceptors (Lipinski definition) is 4. The van der Waals surface area contributed by atoms with Crippen LogP contribution in [0.15, 0.2) is 67.5 Å². The van der Waals surface area contributed by atoms with E-state index in [0.29, 0.717) is 5.92 Å². The van der Waals surface area contributed by atoms with E-state index < -0.39 is 6.10 Å². The number of aliphatic hydroxyl groups excluding tert-OH is 2. The van der Waals surface area contributed by atoms with Crippen LogP contribution < -0.4 is 0 Å². The first kappa shape index (κ1) is 22.7. The smallest absolute Gasteiger partial charge is 0.0956 e. The van der Waals surface area contributed by atoms with E-state index in [-0.39, 0.29) is 30.0 Å². The van der Waals surface area contributed by atoms with Gasteiger partial charge < -0.3 is 19.3 Å². The molecule has 8 rings (SSSR count). The van der Waals surface area contributed by atoms with Crippen molar-refractivity contribution in [2.24, 2.45) is 11.8 Å². The minimum atomic E-state index is -0.390. The van der Waals surface area contributed by atoms with Crippen molar-refractivity contribution in [2.75, 3.05) is 0 Å². The fourth-order valence-corrected chi connectivity index (χ4v) is 8.42. The Morgan fingerprint density at radius 1 is 0.658 bits per heavy atom. The van der Waals surface area contributed by atoms with Gasteiger partial charge in [-0.25, -0.2) is 9.97 Å². The summed E-state index contributed by atoms with van der Waals surface area (Å²) in [5, 5.41) is 22.6. The van der Waals surface area contributed by atoms with Crippen molar-refractivity contribution < 1.29 is 10.2 Å². The second-order valence-electron chi connectivity index (χ2n) is 11.9. The molecule has 0 bridgehead atoms. The van der Waals surface area contributed by atoms with Gasteiger partial charge in [0.2, 0.25) is 0 Å². The minimum absolute atomic E-state index is 0.139. The lowest BCUT2D eigenvalue weighted by molar-refractivity contribution is 0.0418. The second kappa shape index (κ2) is 8.65. The molecule has 7 atom stereocenters. The molecule has 194 valence electrons. The molecule has 2 saturated carbocycles. The first-order valence-electron chi connectivity index (χ1n) is 14.3. The van der Waals surface area contributed by atoms with E-state index in [4.69, 9.17) is 0 Å². The molecule has 6 heteroatoms. The summed E-state index contributed by atoms with van der Waals surface area (Å²) in [5.74, 6) is 0.685. The summed E-state index contributed by atoms with van der Waals surface area (Å²) in [6.07, 6.45) is 14.2. The van der Waals surface area contributed by atoms with E-state index in [1.165, 1.54) is 39.9 Å². The minimum Gasteiger partial charge on any atom is -0.393 e. The van der Waals surface area contributed by atoms with Crippen molar-refractivity contribution in [1.82, 2.24) is 19.1 Å². The maximum Gasteiger partial charge on any atom is 0.0956 e. The van der Waals surface area contributed by atoms with Gasteiger partial charge in [0.25, 0.3) is 0 Å². The van der Waals surface area contributed by atoms with Crippen LogP contribution in [0.3, 0.4) is 0 Å². The zero-order valence-electron chi connectivity index (χ0n) is 21.5. The third kappa shape index (κ3) is 3.20. The molecule has 1 unspecified atom stereocenters. The van der Waals surface area contributed by atoms with Crippen LogP contribution in [-0.2, 0) is 0 Å². The Bertz CT molecular complexity index is 1500. The van der Waals surface area contributed by atoms with E-state index in [1.807, 2.05) is 25.0 Å². The van der Waals surface area contributed by atoms with Gasteiger partial charge in [-0.15, -0.1) is 0 Å². The number of aromatic nitrogens is 4. The van der Waals surface area contributed by atoms with Crippen LogP contribution in [-0.4, -0.2) is 41.5 Å². The van der Waals surface area contributed by atoms with Crippen LogP contribution >= 0.6 is 0 Å². The van der Waals surface area contributed by atoms with E-state index in [9.17, 15) is 10.2 Å². The third-order valence-electron chi connectivity index (χ3n) is 10.1. The lowest BCUT2D eigenvalue weighted by Gasteiger charge is -2.38. The standard InChI is InChI=1S/C32H34N4O2/c37-28-11-4-3-8-23(28)32-25-10-5-9-20(30(25)27-16-34-18-36(27)32)19-12-13-24(29(38)14-19)31-22-7-2-1-6-21(22)26-15-33-17-35(26)31/h1-2,5-7,9-10,15-19,23-24,28-29,31-32,37-38H,3-4,8,11-14H2/t19?,23-,24-,28+,29-,31-,32+/m0/s1. The Balaban J connectivity index is 1.12. The molecule has 4 aromatic rings. The van der Waals surface area contributed by atoms with Crippen LogP contribution in [0.1, 0.15) is 79.6 Å². The molecule has 2 aliphatic carbocycles. The van der Waals surface area contributed by atoms with Crippen LogP contribution in [0, 0.1) is 11.8 Å². The topological polar surface area (TPSA) is 76.1 Å². The number of benzene rings is 2. The molecular formula is C32H34N4O2. The molecular weight excluding hydrogens is 472 g/mol. The van der Waals surface area contributed by atoms with Gasteiger partial charge in [0.1, 0.15) is 0 Å². The van der Waals surface area contributed by atoms with Gasteiger partial charge in [0.05, 0.1) is 60.7 Å². The van der Waals surface area contributed by atoms with Crippen molar-refractivity contribution >= 4 is 0 Å². The number of hydrogen-bond donors (Lipinski definition) is 2. The fourth-order valence-electron chi connectivity index (χ4n) is 8.42. The number of rotatable bonds is 3. The maximum absolute atomic E-state index is 11.7. The molecule has 0 saturated heterocycles. The SMILES string of the molecule is O[C@@H]1CCCC[C@@H]1[C@@H]1c2cccc(C3CC[C@H]([C@@H]4c5ccccc5-c5cncn54)[C@@H](O)C3)c2-c2cncn21. The zero-order valence-corrected chi connectivity index (χ0v) is 21.5. The highest BCUT2D eigenvalue weighted by atomic mass is 16.3. The monoisotopic (exact) mass is 506 g/mol.